The predicted molar refractivity (Wildman–Crippen MR) is 79.8 cm³/mol. The van der Waals surface area contributed by atoms with Crippen molar-refractivity contribution in [3.05, 3.63) is 0 Å². The molecule has 0 heterocycles. The monoisotopic (exact) mass is 303 g/mol. The molecule has 0 bridgehead atoms. The van der Waals surface area contributed by atoms with Crippen molar-refractivity contribution in [2.45, 2.75) is 71.7 Å². The molecule has 0 aliphatic carbocycles. The van der Waals surface area contributed by atoms with Crippen molar-refractivity contribution in [1.29, 1.82) is 0 Å². The Kier molecular flexibility index (Phi) is 9.21. The highest BCUT2D eigenvalue weighted by atomic mass is 16.6. The molecule has 0 aromatic heterocycles. The number of hydrogen-bond donors (Lipinski definition) is 2. The van der Waals surface area contributed by atoms with Gasteiger partial charge >= 0.3 is 5.97 Å². The fourth-order valence-electron chi connectivity index (χ4n) is 1.45. The average Bonchev–Trinajstić information content (AvgIpc) is 2.36. The van der Waals surface area contributed by atoms with E-state index in [1.54, 1.807) is 27.7 Å². The molecule has 0 aliphatic heterocycles. The summed E-state index contributed by atoms with van der Waals surface area (Å²) in [7, 11) is 0. The first-order valence-electron chi connectivity index (χ1n) is 7.47. The van der Waals surface area contributed by atoms with E-state index in [0.29, 0.717) is 19.4 Å². The van der Waals surface area contributed by atoms with E-state index >= 15 is 0 Å². The molecular formula is C15H29NO5. The van der Waals surface area contributed by atoms with Crippen molar-refractivity contribution in [2.75, 3.05) is 13.2 Å². The van der Waals surface area contributed by atoms with Crippen molar-refractivity contribution in [3.63, 3.8) is 0 Å². The normalized spacial score (nSPS) is 14.4. The van der Waals surface area contributed by atoms with Crippen molar-refractivity contribution < 1.29 is 24.2 Å². The van der Waals surface area contributed by atoms with Gasteiger partial charge in [0, 0.05) is 19.4 Å². The number of hydrogen-bond acceptors (Lipinski definition) is 5. The summed E-state index contributed by atoms with van der Waals surface area (Å²) in [5.41, 5.74) is -0.682. The lowest BCUT2D eigenvalue weighted by Crippen LogP contribution is -2.39. The molecule has 0 aromatic rings. The summed E-state index contributed by atoms with van der Waals surface area (Å²) >= 11 is 0. The van der Waals surface area contributed by atoms with E-state index in [-0.39, 0.29) is 31.0 Å². The molecule has 6 heteroatoms. The van der Waals surface area contributed by atoms with Gasteiger partial charge in [-0.05, 0) is 41.0 Å². The maximum absolute atomic E-state index is 11.6. The number of ether oxygens (including phenoxy) is 2. The molecule has 2 atom stereocenters. The van der Waals surface area contributed by atoms with Gasteiger partial charge in [-0.1, -0.05) is 0 Å². The van der Waals surface area contributed by atoms with E-state index in [2.05, 4.69) is 5.32 Å². The van der Waals surface area contributed by atoms with Crippen LogP contribution in [-0.4, -0.2) is 47.9 Å². The Bertz CT molecular complexity index is 328. The molecule has 0 saturated heterocycles. The third kappa shape index (κ3) is 9.42. The van der Waals surface area contributed by atoms with Crippen LogP contribution in [0.15, 0.2) is 0 Å². The number of rotatable bonds is 10. The van der Waals surface area contributed by atoms with Gasteiger partial charge in [0.1, 0.15) is 6.10 Å². The fourth-order valence-corrected chi connectivity index (χ4v) is 1.45. The SMILES string of the molecule is CCNC(=O)CCCC(=O)OC(C)COC(C)(C)C(C)O. The first-order valence-corrected chi connectivity index (χ1v) is 7.47. The summed E-state index contributed by atoms with van der Waals surface area (Å²) in [4.78, 5) is 22.8. The zero-order valence-electron chi connectivity index (χ0n) is 13.8. The van der Waals surface area contributed by atoms with Crippen LogP contribution in [0.3, 0.4) is 0 Å². The number of carbonyl (C=O) groups is 2. The first kappa shape index (κ1) is 19.9. The van der Waals surface area contributed by atoms with Crippen molar-refractivity contribution in [3.8, 4) is 0 Å². The van der Waals surface area contributed by atoms with Gasteiger partial charge in [0.25, 0.3) is 0 Å². The molecule has 0 fully saturated rings. The summed E-state index contributed by atoms with van der Waals surface area (Å²) in [5, 5.41) is 12.2. The Balaban J connectivity index is 3.87. The highest BCUT2D eigenvalue weighted by molar-refractivity contribution is 5.76. The second kappa shape index (κ2) is 9.73. The molecule has 21 heavy (non-hydrogen) atoms. The topological polar surface area (TPSA) is 84.9 Å². The zero-order chi connectivity index (χ0) is 16.5. The van der Waals surface area contributed by atoms with Crippen LogP contribution < -0.4 is 5.32 Å². The van der Waals surface area contributed by atoms with Crippen LogP contribution in [0.4, 0.5) is 0 Å². The Hall–Kier alpha value is -1.14. The lowest BCUT2D eigenvalue weighted by molar-refractivity contribution is -0.159. The maximum Gasteiger partial charge on any atom is 0.306 e. The van der Waals surface area contributed by atoms with E-state index in [0.717, 1.165) is 0 Å². The fraction of sp³-hybridized carbons (Fsp3) is 0.867. The molecule has 0 aliphatic rings. The molecule has 0 radical (unpaired) electrons. The maximum atomic E-state index is 11.6. The largest absolute Gasteiger partial charge is 0.460 e. The highest BCUT2D eigenvalue weighted by Crippen LogP contribution is 2.15. The lowest BCUT2D eigenvalue weighted by Gasteiger charge is -2.29. The predicted octanol–water partition coefficient (Wildman–Crippen LogP) is 1.40. The minimum atomic E-state index is -0.682. The average molecular weight is 303 g/mol. The van der Waals surface area contributed by atoms with Gasteiger partial charge < -0.3 is 19.9 Å². The van der Waals surface area contributed by atoms with Crippen LogP contribution in [0, 0.1) is 0 Å². The van der Waals surface area contributed by atoms with Gasteiger partial charge in [-0.3, -0.25) is 9.59 Å². The van der Waals surface area contributed by atoms with E-state index < -0.39 is 11.7 Å². The second-order valence-electron chi connectivity index (χ2n) is 5.70. The molecule has 0 spiro atoms. The van der Waals surface area contributed by atoms with Crippen LogP contribution in [0.2, 0.25) is 0 Å². The van der Waals surface area contributed by atoms with E-state index in [4.69, 9.17) is 9.47 Å². The number of carbonyl (C=O) groups excluding carboxylic acids is 2. The quantitative estimate of drug-likeness (QED) is 0.596. The van der Waals surface area contributed by atoms with Crippen LogP contribution >= 0.6 is 0 Å². The van der Waals surface area contributed by atoms with E-state index in [9.17, 15) is 14.7 Å². The first-order chi connectivity index (χ1) is 9.69. The van der Waals surface area contributed by atoms with Crippen molar-refractivity contribution in [2.24, 2.45) is 0 Å². The molecule has 1 amide bonds. The summed E-state index contributed by atoms with van der Waals surface area (Å²) in [5.74, 6) is -0.398. The highest BCUT2D eigenvalue weighted by Gasteiger charge is 2.26. The molecule has 0 aromatic carbocycles. The number of aliphatic hydroxyl groups excluding tert-OH is 1. The number of amides is 1. The van der Waals surface area contributed by atoms with Gasteiger partial charge in [-0.15, -0.1) is 0 Å². The third-order valence-electron chi connectivity index (χ3n) is 3.19. The summed E-state index contributed by atoms with van der Waals surface area (Å²) in [6.45, 7) is 9.61. The number of nitrogens with one attached hydrogen (secondary N) is 1. The van der Waals surface area contributed by atoms with Gasteiger partial charge in [0.15, 0.2) is 0 Å². The molecule has 0 saturated carbocycles. The van der Waals surface area contributed by atoms with Crippen LogP contribution in [0.5, 0.6) is 0 Å². The van der Waals surface area contributed by atoms with Gasteiger partial charge in [0.2, 0.25) is 5.91 Å². The van der Waals surface area contributed by atoms with Crippen LogP contribution in [0.1, 0.15) is 53.9 Å². The van der Waals surface area contributed by atoms with Gasteiger partial charge in [-0.2, -0.15) is 0 Å². The summed E-state index contributed by atoms with van der Waals surface area (Å²) in [6.07, 6.45) is -0.000792. The molecular weight excluding hydrogens is 274 g/mol. The van der Waals surface area contributed by atoms with E-state index in [1.807, 2.05) is 6.92 Å². The minimum absolute atomic E-state index is 0.0552. The zero-order valence-corrected chi connectivity index (χ0v) is 13.8. The second-order valence-corrected chi connectivity index (χ2v) is 5.70. The molecule has 6 nitrogen and oxygen atoms in total. The Morgan fingerprint density at radius 1 is 1.24 bits per heavy atom. The number of aliphatic hydroxyl groups is 1. The van der Waals surface area contributed by atoms with E-state index in [1.165, 1.54) is 0 Å². The molecule has 0 rings (SSSR count). The number of esters is 1. The summed E-state index contributed by atoms with van der Waals surface area (Å²) < 4.78 is 10.7. The lowest BCUT2D eigenvalue weighted by atomic mass is 10.0. The molecule has 124 valence electrons. The van der Waals surface area contributed by atoms with Crippen molar-refractivity contribution in [1.82, 2.24) is 5.32 Å². The third-order valence-corrected chi connectivity index (χ3v) is 3.19. The van der Waals surface area contributed by atoms with Gasteiger partial charge in [-0.25, -0.2) is 0 Å². The Morgan fingerprint density at radius 2 is 1.86 bits per heavy atom. The molecule has 2 unspecified atom stereocenters. The molecule has 2 N–H and O–H groups in total. The van der Waals surface area contributed by atoms with Crippen molar-refractivity contribution >= 4 is 11.9 Å². The minimum Gasteiger partial charge on any atom is -0.460 e. The smallest absolute Gasteiger partial charge is 0.306 e. The summed E-state index contributed by atoms with van der Waals surface area (Å²) in [6, 6.07) is 0. The van der Waals surface area contributed by atoms with Crippen LogP contribution in [0.25, 0.3) is 0 Å². The van der Waals surface area contributed by atoms with Gasteiger partial charge in [0.05, 0.1) is 18.3 Å². The standard InChI is InChI=1S/C15H29NO5/c1-6-16-13(18)8-7-9-14(19)21-11(2)10-20-15(4,5)12(3)17/h11-12,17H,6-10H2,1-5H3,(H,16,18). The van der Waals surface area contributed by atoms with Crippen LogP contribution in [-0.2, 0) is 19.1 Å². The Labute approximate surface area is 127 Å². The Morgan fingerprint density at radius 3 is 2.38 bits per heavy atom.